The van der Waals surface area contributed by atoms with Gasteiger partial charge >= 0.3 is 18.3 Å². The molecule has 0 radical (unpaired) electrons. The normalized spacial score (nSPS) is 15.7. The molecule has 0 bridgehead atoms. The maximum Gasteiger partial charge on any atom is 0.416 e. The number of halogens is 6. The molecule has 232 valence electrons. The van der Waals surface area contributed by atoms with Crippen molar-refractivity contribution in [2.75, 3.05) is 31.6 Å². The minimum absolute atomic E-state index is 0.00161. The van der Waals surface area contributed by atoms with E-state index in [9.17, 15) is 36.2 Å². The molecule has 44 heavy (non-hydrogen) atoms. The molecular formula is C32H29F6N3O3. The van der Waals surface area contributed by atoms with Crippen molar-refractivity contribution in [1.82, 2.24) is 9.88 Å². The summed E-state index contributed by atoms with van der Waals surface area (Å²) in [5.41, 5.74) is -1.03. The highest BCUT2D eigenvalue weighted by Crippen LogP contribution is 2.39. The third-order valence-electron chi connectivity index (χ3n) is 7.89. The van der Waals surface area contributed by atoms with Gasteiger partial charge in [-0.3, -0.25) is 14.7 Å². The van der Waals surface area contributed by atoms with Crippen LogP contribution in [0, 0.1) is 6.92 Å². The average Bonchev–Trinajstić information content (AvgIpc) is 2.96. The van der Waals surface area contributed by atoms with E-state index in [0.29, 0.717) is 16.9 Å². The van der Waals surface area contributed by atoms with E-state index >= 15 is 0 Å². The Morgan fingerprint density at radius 3 is 2.32 bits per heavy atom. The second-order valence-electron chi connectivity index (χ2n) is 10.9. The molecule has 1 saturated heterocycles. The van der Waals surface area contributed by atoms with E-state index in [-0.39, 0.29) is 56.1 Å². The second kappa shape index (κ2) is 12.0. The number of aryl methyl sites for hydroxylation is 1. The summed E-state index contributed by atoms with van der Waals surface area (Å²) in [6.07, 6.45) is -9.08. The van der Waals surface area contributed by atoms with Crippen LogP contribution in [0.3, 0.4) is 0 Å². The minimum atomic E-state index is -4.62. The highest BCUT2D eigenvalue weighted by molar-refractivity contribution is 5.93. The number of carboxylic acids is 1. The number of rotatable bonds is 8. The Balaban J connectivity index is 1.28. The maximum atomic E-state index is 13.8. The SMILES string of the molecule is Cc1cc(Nc2cc(OCCN3CCC(C(=O)O)(c4cccc(C(F)(F)F)c4)CC3)cc(C(F)(F)F)c2)c2ccccc2n1. The van der Waals surface area contributed by atoms with E-state index in [4.69, 9.17) is 4.74 Å². The smallest absolute Gasteiger partial charge is 0.416 e. The summed E-state index contributed by atoms with van der Waals surface area (Å²) in [4.78, 5) is 18.6. The Morgan fingerprint density at radius 1 is 0.932 bits per heavy atom. The Morgan fingerprint density at radius 2 is 1.64 bits per heavy atom. The zero-order valence-corrected chi connectivity index (χ0v) is 23.6. The van der Waals surface area contributed by atoms with E-state index in [2.05, 4.69) is 10.3 Å². The number of para-hydroxylation sites is 1. The Hall–Kier alpha value is -4.32. The molecule has 0 spiro atoms. The number of anilines is 2. The Labute approximate surface area is 249 Å². The molecule has 1 aliphatic rings. The molecule has 3 aromatic carbocycles. The third-order valence-corrected chi connectivity index (χ3v) is 7.89. The molecule has 6 nitrogen and oxygen atoms in total. The van der Waals surface area contributed by atoms with Crippen LogP contribution in [-0.4, -0.2) is 47.2 Å². The summed E-state index contributed by atoms with van der Waals surface area (Å²) in [6.45, 7) is 2.61. The van der Waals surface area contributed by atoms with Crippen LogP contribution < -0.4 is 10.1 Å². The van der Waals surface area contributed by atoms with Crippen molar-refractivity contribution in [3.8, 4) is 5.75 Å². The van der Waals surface area contributed by atoms with Crippen molar-refractivity contribution >= 4 is 28.2 Å². The first-order valence-corrected chi connectivity index (χ1v) is 13.9. The van der Waals surface area contributed by atoms with Gasteiger partial charge in [-0.1, -0.05) is 36.4 Å². The van der Waals surface area contributed by atoms with Crippen LogP contribution >= 0.6 is 0 Å². The van der Waals surface area contributed by atoms with Gasteiger partial charge in [0.15, 0.2) is 0 Å². The lowest BCUT2D eigenvalue weighted by Gasteiger charge is -2.39. The van der Waals surface area contributed by atoms with Gasteiger partial charge in [-0.05, 0) is 68.8 Å². The standard InChI is InChI=1S/C32H29F6N3O3/c1-20-15-28(26-7-2-3-8-27(26)39-20)40-24-17-23(32(36,37)38)18-25(19-24)44-14-13-41-11-9-30(10-12-41,29(42)43)21-5-4-6-22(16-21)31(33,34)35/h2-8,15-19H,9-14H2,1H3,(H,39,40)(H,42,43). The second-order valence-corrected chi connectivity index (χ2v) is 10.9. The molecule has 1 fully saturated rings. The summed E-state index contributed by atoms with van der Waals surface area (Å²) in [5.74, 6) is -1.20. The first kappa shape index (κ1) is 31.1. The molecule has 0 saturated carbocycles. The minimum Gasteiger partial charge on any atom is -0.492 e. The number of hydrogen-bond donors (Lipinski definition) is 2. The fraction of sp³-hybridized carbons (Fsp3) is 0.312. The molecule has 1 aromatic heterocycles. The van der Waals surface area contributed by atoms with E-state index in [1.807, 2.05) is 29.2 Å². The molecule has 1 aliphatic heterocycles. The zero-order valence-electron chi connectivity index (χ0n) is 23.6. The van der Waals surface area contributed by atoms with Crippen molar-refractivity contribution in [1.29, 1.82) is 0 Å². The molecule has 0 atom stereocenters. The predicted octanol–water partition coefficient (Wildman–Crippen LogP) is 7.82. The van der Waals surface area contributed by atoms with Crippen LogP contribution in [0.25, 0.3) is 10.9 Å². The van der Waals surface area contributed by atoms with Crippen LogP contribution in [-0.2, 0) is 22.6 Å². The van der Waals surface area contributed by atoms with Crippen molar-refractivity contribution in [2.24, 2.45) is 0 Å². The quantitative estimate of drug-likeness (QED) is 0.197. The van der Waals surface area contributed by atoms with Gasteiger partial charge in [-0.15, -0.1) is 0 Å². The van der Waals surface area contributed by atoms with Crippen molar-refractivity contribution in [2.45, 2.75) is 37.5 Å². The maximum absolute atomic E-state index is 13.8. The lowest BCUT2D eigenvalue weighted by molar-refractivity contribution is -0.146. The molecule has 5 rings (SSSR count). The largest absolute Gasteiger partial charge is 0.492 e. The highest BCUT2D eigenvalue weighted by Gasteiger charge is 2.44. The van der Waals surface area contributed by atoms with Gasteiger partial charge in [0.25, 0.3) is 0 Å². The lowest BCUT2D eigenvalue weighted by atomic mass is 9.72. The number of aromatic nitrogens is 1. The summed E-state index contributed by atoms with van der Waals surface area (Å²) in [6, 6.07) is 16.8. The number of benzene rings is 3. The topological polar surface area (TPSA) is 74.7 Å². The van der Waals surface area contributed by atoms with Gasteiger partial charge in [-0.25, -0.2) is 0 Å². The fourth-order valence-electron chi connectivity index (χ4n) is 5.56. The van der Waals surface area contributed by atoms with Crippen molar-refractivity contribution < 1.29 is 41.0 Å². The highest BCUT2D eigenvalue weighted by atomic mass is 19.4. The number of nitrogens with zero attached hydrogens (tertiary/aromatic N) is 2. The number of likely N-dealkylation sites (tertiary alicyclic amines) is 1. The Kier molecular flexibility index (Phi) is 8.48. The van der Waals surface area contributed by atoms with Gasteiger partial charge in [0.1, 0.15) is 12.4 Å². The van der Waals surface area contributed by atoms with Gasteiger partial charge < -0.3 is 15.2 Å². The number of carboxylic acid groups (broad SMARTS) is 1. The van der Waals surface area contributed by atoms with Crippen LogP contribution in [0.15, 0.2) is 72.8 Å². The van der Waals surface area contributed by atoms with E-state index in [1.165, 1.54) is 18.2 Å². The number of piperidine rings is 1. The Bertz CT molecular complexity index is 1660. The number of fused-ring (bicyclic) bond motifs is 1. The van der Waals surface area contributed by atoms with Crippen molar-refractivity contribution in [3.05, 3.63) is 95.2 Å². The van der Waals surface area contributed by atoms with Crippen LogP contribution in [0.5, 0.6) is 5.75 Å². The van der Waals surface area contributed by atoms with Gasteiger partial charge in [0.05, 0.1) is 22.1 Å². The van der Waals surface area contributed by atoms with Gasteiger partial charge in [0.2, 0.25) is 0 Å². The van der Waals surface area contributed by atoms with Crippen LogP contribution in [0.4, 0.5) is 37.7 Å². The average molecular weight is 618 g/mol. The molecule has 0 aliphatic carbocycles. The summed E-state index contributed by atoms with van der Waals surface area (Å²) in [5, 5.41) is 13.8. The van der Waals surface area contributed by atoms with E-state index < -0.39 is 34.9 Å². The fourth-order valence-corrected chi connectivity index (χ4v) is 5.56. The number of alkyl halides is 6. The summed E-state index contributed by atoms with van der Waals surface area (Å²) < 4.78 is 86.9. The van der Waals surface area contributed by atoms with Crippen LogP contribution in [0.2, 0.25) is 0 Å². The lowest BCUT2D eigenvalue weighted by Crippen LogP contribution is -2.48. The first-order valence-electron chi connectivity index (χ1n) is 13.9. The molecular weight excluding hydrogens is 588 g/mol. The molecule has 4 aromatic rings. The van der Waals surface area contributed by atoms with E-state index in [1.54, 1.807) is 13.0 Å². The number of ether oxygens (including phenoxy) is 1. The molecule has 0 unspecified atom stereocenters. The number of carbonyl (C=O) groups is 1. The molecule has 12 heteroatoms. The molecule has 0 amide bonds. The number of aliphatic carboxylic acids is 1. The van der Waals surface area contributed by atoms with Crippen molar-refractivity contribution in [3.63, 3.8) is 0 Å². The summed E-state index contributed by atoms with van der Waals surface area (Å²) >= 11 is 0. The monoisotopic (exact) mass is 617 g/mol. The predicted molar refractivity (Wildman–Crippen MR) is 153 cm³/mol. The first-order chi connectivity index (χ1) is 20.7. The molecule has 2 N–H and O–H groups in total. The number of pyridine rings is 1. The summed E-state index contributed by atoms with van der Waals surface area (Å²) in [7, 11) is 0. The number of nitrogens with one attached hydrogen (secondary N) is 1. The molecule has 2 heterocycles. The van der Waals surface area contributed by atoms with Gasteiger partial charge in [-0.2, -0.15) is 26.3 Å². The third kappa shape index (κ3) is 6.75. The number of hydrogen-bond acceptors (Lipinski definition) is 5. The van der Waals surface area contributed by atoms with Crippen LogP contribution in [0.1, 0.15) is 35.2 Å². The zero-order chi connectivity index (χ0) is 31.7. The van der Waals surface area contributed by atoms with E-state index in [0.717, 1.165) is 29.7 Å². The van der Waals surface area contributed by atoms with Gasteiger partial charge in [0, 0.05) is 35.1 Å².